The van der Waals surface area contributed by atoms with E-state index in [1.165, 1.54) is 22.0 Å². The Morgan fingerprint density at radius 1 is 1.08 bits per heavy atom. The zero-order valence-electron chi connectivity index (χ0n) is 14.0. The molecule has 0 saturated carbocycles. The second-order valence-electron chi connectivity index (χ2n) is 5.84. The van der Waals surface area contributed by atoms with Crippen LogP contribution in [0, 0.1) is 0 Å². The average molecular weight is 368 g/mol. The molecule has 132 valence electrons. The van der Waals surface area contributed by atoms with Crippen molar-refractivity contribution < 1.29 is 14.3 Å². The van der Waals surface area contributed by atoms with Gasteiger partial charge in [-0.1, -0.05) is 0 Å². The minimum Gasteiger partial charge on any atom is -0.486 e. The molecular weight excluding hydrogens is 352 g/mol. The molecule has 0 bridgehead atoms. The number of nitrogens with one attached hydrogen (secondary N) is 1. The minimum absolute atomic E-state index is 0.175. The van der Waals surface area contributed by atoms with Gasteiger partial charge in [-0.25, -0.2) is 0 Å². The first-order chi connectivity index (χ1) is 12.6. The number of fused-ring (bicyclic) bond motifs is 1. The Hall–Kier alpha value is -3.06. The second kappa shape index (κ2) is 6.68. The molecule has 1 aliphatic rings. The molecule has 6 nitrogen and oxygen atoms in total. The minimum atomic E-state index is -0.243. The molecule has 0 fully saturated rings. The van der Waals surface area contributed by atoms with Gasteiger partial charge in [-0.05, 0) is 42.0 Å². The molecule has 0 saturated heterocycles. The maximum atomic E-state index is 12.4. The van der Waals surface area contributed by atoms with Crippen molar-refractivity contribution >= 4 is 22.9 Å². The van der Waals surface area contributed by atoms with Gasteiger partial charge in [0, 0.05) is 29.9 Å². The summed E-state index contributed by atoms with van der Waals surface area (Å²) in [5.74, 6) is 1.21. The fourth-order valence-corrected chi connectivity index (χ4v) is 3.53. The smallest absolute Gasteiger partial charge is 0.265 e. The summed E-state index contributed by atoms with van der Waals surface area (Å²) < 4.78 is 12.6. The third-order valence-corrected chi connectivity index (χ3v) is 5.15. The first-order valence-corrected chi connectivity index (χ1v) is 8.90. The van der Waals surface area contributed by atoms with E-state index < -0.39 is 0 Å². The van der Waals surface area contributed by atoms with Crippen molar-refractivity contribution in [1.29, 1.82) is 0 Å². The van der Waals surface area contributed by atoms with Gasteiger partial charge in [0.25, 0.3) is 11.5 Å². The van der Waals surface area contributed by atoms with Gasteiger partial charge in [-0.2, -0.15) is 0 Å². The monoisotopic (exact) mass is 368 g/mol. The maximum Gasteiger partial charge on any atom is 0.265 e. The highest BCUT2D eigenvalue weighted by Crippen LogP contribution is 2.37. The summed E-state index contributed by atoms with van der Waals surface area (Å²) in [5.41, 5.74) is 1.27. The van der Waals surface area contributed by atoms with Crippen molar-refractivity contribution in [3.63, 3.8) is 0 Å². The molecule has 1 amide bonds. The Balaban J connectivity index is 1.54. The predicted molar refractivity (Wildman–Crippen MR) is 100 cm³/mol. The molecule has 0 radical (unpaired) electrons. The molecule has 3 aromatic rings. The fraction of sp³-hybridized carbons (Fsp3) is 0.158. The molecule has 0 unspecified atom stereocenters. The number of pyridine rings is 1. The molecule has 0 aliphatic carbocycles. The predicted octanol–water partition coefficient (Wildman–Crippen LogP) is 3.14. The Morgan fingerprint density at radius 2 is 1.88 bits per heavy atom. The van der Waals surface area contributed by atoms with E-state index in [-0.39, 0.29) is 11.5 Å². The molecular formula is C19H16N2O4S. The van der Waals surface area contributed by atoms with E-state index in [0.29, 0.717) is 29.5 Å². The lowest BCUT2D eigenvalue weighted by atomic mass is 10.1. The number of hydrogen-bond acceptors (Lipinski definition) is 5. The van der Waals surface area contributed by atoms with E-state index in [1.807, 2.05) is 24.3 Å². The zero-order chi connectivity index (χ0) is 18.1. The summed E-state index contributed by atoms with van der Waals surface area (Å²) >= 11 is 1.38. The normalized spacial score (nSPS) is 12.7. The molecule has 2 aromatic heterocycles. The van der Waals surface area contributed by atoms with Gasteiger partial charge in [0.1, 0.15) is 13.2 Å². The largest absolute Gasteiger partial charge is 0.486 e. The van der Waals surface area contributed by atoms with Crippen molar-refractivity contribution in [2.45, 2.75) is 0 Å². The number of hydrogen-bond donors (Lipinski definition) is 1. The lowest BCUT2D eigenvalue weighted by Gasteiger charge is -2.18. The zero-order valence-corrected chi connectivity index (χ0v) is 14.8. The lowest BCUT2D eigenvalue weighted by molar-refractivity contribution is 0.103. The molecule has 1 aliphatic heterocycles. The number of thiophene rings is 1. The number of ether oxygens (including phenoxy) is 2. The van der Waals surface area contributed by atoms with E-state index in [9.17, 15) is 9.59 Å². The van der Waals surface area contributed by atoms with Crippen molar-refractivity contribution in [3.8, 4) is 21.9 Å². The number of amides is 1. The van der Waals surface area contributed by atoms with Crippen LogP contribution in [0.1, 0.15) is 9.67 Å². The SMILES string of the molecule is Cn1ccc(NC(=O)c2ccc(-c3ccc4c(c3)OCCO4)s2)cc1=O. The molecule has 3 heterocycles. The Kier molecular flexibility index (Phi) is 4.22. The summed E-state index contributed by atoms with van der Waals surface area (Å²) in [6.45, 7) is 1.09. The van der Waals surface area contributed by atoms with Crippen LogP contribution >= 0.6 is 11.3 Å². The topological polar surface area (TPSA) is 69.6 Å². The number of aromatic nitrogens is 1. The molecule has 26 heavy (non-hydrogen) atoms. The Morgan fingerprint density at radius 3 is 2.69 bits per heavy atom. The first-order valence-electron chi connectivity index (χ1n) is 8.08. The van der Waals surface area contributed by atoms with Crippen molar-refractivity contribution in [2.24, 2.45) is 7.05 Å². The van der Waals surface area contributed by atoms with E-state index in [0.717, 1.165) is 16.2 Å². The molecule has 7 heteroatoms. The highest BCUT2D eigenvalue weighted by Gasteiger charge is 2.15. The van der Waals surface area contributed by atoms with Gasteiger partial charge in [0.15, 0.2) is 11.5 Å². The van der Waals surface area contributed by atoms with Crippen LogP contribution in [0.3, 0.4) is 0 Å². The summed E-state index contributed by atoms with van der Waals surface area (Å²) in [4.78, 5) is 25.6. The summed E-state index contributed by atoms with van der Waals surface area (Å²) in [5, 5.41) is 2.75. The van der Waals surface area contributed by atoms with Crippen LogP contribution in [-0.2, 0) is 7.05 Å². The van der Waals surface area contributed by atoms with Gasteiger partial charge in [-0.3, -0.25) is 9.59 Å². The number of carbonyl (C=O) groups is 1. The van der Waals surface area contributed by atoms with E-state index in [2.05, 4.69) is 5.32 Å². The third-order valence-electron chi connectivity index (χ3n) is 4.02. The number of aryl methyl sites for hydroxylation is 1. The number of benzene rings is 1. The summed E-state index contributed by atoms with van der Waals surface area (Å²) in [7, 11) is 1.66. The molecule has 1 aromatic carbocycles. The molecule has 0 atom stereocenters. The molecule has 4 rings (SSSR count). The number of nitrogens with zero attached hydrogens (tertiary/aromatic N) is 1. The van der Waals surface area contributed by atoms with Crippen LogP contribution in [0.2, 0.25) is 0 Å². The van der Waals surface area contributed by atoms with Crippen molar-refractivity contribution in [2.75, 3.05) is 18.5 Å². The van der Waals surface area contributed by atoms with Crippen molar-refractivity contribution in [3.05, 3.63) is 63.9 Å². The van der Waals surface area contributed by atoms with Gasteiger partial charge in [0.2, 0.25) is 0 Å². The van der Waals surface area contributed by atoms with Crippen LogP contribution in [0.15, 0.2) is 53.5 Å². The van der Waals surface area contributed by atoms with E-state index in [1.54, 1.807) is 25.4 Å². The first kappa shape index (κ1) is 16.4. The Bertz CT molecular complexity index is 1040. The van der Waals surface area contributed by atoms with E-state index >= 15 is 0 Å². The number of carbonyl (C=O) groups excluding carboxylic acids is 1. The summed E-state index contributed by atoms with van der Waals surface area (Å²) in [6.07, 6.45) is 1.62. The second-order valence-corrected chi connectivity index (χ2v) is 6.92. The highest BCUT2D eigenvalue weighted by molar-refractivity contribution is 7.17. The molecule has 1 N–H and O–H groups in total. The van der Waals surface area contributed by atoms with Gasteiger partial charge in [-0.15, -0.1) is 11.3 Å². The van der Waals surface area contributed by atoms with Crippen LogP contribution in [0.5, 0.6) is 11.5 Å². The van der Waals surface area contributed by atoms with Crippen LogP contribution in [0.4, 0.5) is 5.69 Å². The van der Waals surface area contributed by atoms with Gasteiger partial charge < -0.3 is 19.4 Å². The fourth-order valence-electron chi connectivity index (χ4n) is 2.63. The van der Waals surface area contributed by atoms with Crippen molar-refractivity contribution in [1.82, 2.24) is 4.57 Å². The van der Waals surface area contributed by atoms with Crippen LogP contribution < -0.4 is 20.3 Å². The quantitative estimate of drug-likeness (QED) is 0.771. The van der Waals surface area contributed by atoms with Gasteiger partial charge in [0.05, 0.1) is 4.88 Å². The lowest BCUT2D eigenvalue weighted by Crippen LogP contribution is -2.17. The van der Waals surface area contributed by atoms with E-state index in [4.69, 9.17) is 9.47 Å². The van der Waals surface area contributed by atoms with Crippen LogP contribution in [-0.4, -0.2) is 23.7 Å². The number of rotatable bonds is 3. The highest BCUT2D eigenvalue weighted by atomic mass is 32.1. The maximum absolute atomic E-state index is 12.4. The molecule has 0 spiro atoms. The third kappa shape index (κ3) is 3.21. The average Bonchev–Trinajstić information content (AvgIpc) is 3.15. The Labute approximate surface area is 153 Å². The summed E-state index contributed by atoms with van der Waals surface area (Å²) in [6, 6.07) is 12.5. The van der Waals surface area contributed by atoms with Crippen LogP contribution in [0.25, 0.3) is 10.4 Å². The standard InChI is InChI=1S/C19H16N2O4S/c1-21-7-6-13(11-18(21)22)20-19(23)17-5-4-16(26-17)12-2-3-14-15(10-12)25-9-8-24-14/h2-7,10-11H,8-9H2,1H3,(H,20,23). The van der Waals surface area contributed by atoms with Gasteiger partial charge >= 0.3 is 0 Å². The number of anilines is 1.